The van der Waals surface area contributed by atoms with Gasteiger partial charge in [0.05, 0.1) is 4.92 Å². The van der Waals surface area contributed by atoms with Crippen LogP contribution >= 0.6 is 0 Å². The Morgan fingerprint density at radius 2 is 2.17 bits per heavy atom. The third-order valence-electron chi connectivity index (χ3n) is 2.24. The summed E-state index contributed by atoms with van der Waals surface area (Å²) in [5.74, 6) is -0.794. The molecule has 18 heavy (non-hydrogen) atoms. The van der Waals surface area contributed by atoms with E-state index in [9.17, 15) is 14.9 Å². The Hall–Kier alpha value is -2.15. The van der Waals surface area contributed by atoms with Crippen LogP contribution in [0.1, 0.15) is 10.4 Å². The van der Waals surface area contributed by atoms with E-state index in [4.69, 9.17) is 10.5 Å². The molecular formula is C11H15N3O4. The topological polar surface area (TPSA) is 98.7 Å². The summed E-state index contributed by atoms with van der Waals surface area (Å²) in [5.41, 5.74) is 4.55. The fourth-order valence-corrected chi connectivity index (χ4v) is 1.36. The number of amides is 1. The van der Waals surface area contributed by atoms with Gasteiger partial charge < -0.3 is 15.4 Å². The SMILES string of the molecule is CN(C)CCOc1cccc(C(N)=O)c1[N+](=O)[O-]. The molecule has 7 nitrogen and oxygen atoms in total. The highest BCUT2D eigenvalue weighted by Gasteiger charge is 2.23. The van der Waals surface area contributed by atoms with Crippen molar-refractivity contribution in [2.24, 2.45) is 5.73 Å². The van der Waals surface area contributed by atoms with Crippen LogP contribution in [0.5, 0.6) is 5.75 Å². The first-order chi connectivity index (χ1) is 8.43. The first-order valence-electron chi connectivity index (χ1n) is 5.28. The second-order valence-corrected chi connectivity index (χ2v) is 3.93. The third kappa shape index (κ3) is 3.42. The molecule has 0 aliphatic carbocycles. The van der Waals surface area contributed by atoms with Crippen molar-refractivity contribution in [3.8, 4) is 5.75 Å². The molecule has 0 heterocycles. The Morgan fingerprint density at radius 3 is 2.67 bits per heavy atom. The number of hydrogen-bond donors (Lipinski definition) is 1. The number of benzene rings is 1. The first-order valence-corrected chi connectivity index (χ1v) is 5.28. The number of nitro benzene ring substituents is 1. The number of hydrogen-bond acceptors (Lipinski definition) is 5. The van der Waals surface area contributed by atoms with E-state index in [2.05, 4.69) is 0 Å². The van der Waals surface area contributed by atoms with Gasteiger partial charge in [-0.1, -0.05) is 6.07 Å². The summed E-state index contributed by atoms with van der Waals surface area (Å²) in [6.45, 7) is 0.897. The predicted molar refractivity (Wildman–Crippen MR) is 65.7 cm³/mol. The summed E-state index contributed by atoms with van der Waals surface area (Å²) in [6, 6.07) is 4.25. The largest absolute Gasteiger partial charge is 0.485 e. The minimum absolute atomic E-state index is 0.0538. The molecule has 1 aromatic rings. The van der Waals surface area contributed by atoms with E-state index in [1.165, 1.54) is 18.2 Å². The second kappa shape index (κ2) is 5.97. The van der Waals surface area contributed by atoms with Gasteiger partial charge in [0.2, 0.25) is 0 Å². The Morgan fingerprint density at radius 1 is 1.50 bits per heavy atom. The molecule has 0 unspecified atom stereocenters. The van der Waals surface area contributed by atoms with Gasteiger partial charge in [0.15, 0.2) is 5.75 Å². The van der Waals surface area contributed by atoms with Gasteiger partial charge in [-0.25, -0.2) is 0 Å². The van der Waals surface area contributed by atoms with Crippen molar-refractivity contribution in [1.82, 2.24) is 4.90 Å². The van der Waals surface area contributed by atoms with Crippen LogP contribution in [-0.4, -0.2) is 43.0 Å². The van der Waals surface area contributed by atoms with Gasteiger partial charge in [0.1, 0.15) is 12.2 Å². The number of nitrogens with two attached hydrogens (primary N) is 1. The second-order valence-electron chi connectivity index (χ2n) is 3.93. The Labute approximate surface area is 104 Å². The summed E-state index contributed by atoms with van der Waals surface area (Å²) in [7, 11) is 3.72. The molecule has 2 N–H and O–H groups in total. The highest BCUT2D eigenvalue weighted by Crippen LogP contribution is 2.30. The molecule has 0 aromatic heterocycles. The van der Waals surface area contributed by atoms with Gasteiger partial charge in [-0.2, -0.15) is 0 Å². The van der Waals surface area contributed by atoms with E-state index in [0.717, 1.165) is 0 Å². The lowest BCUT2D eigenvalue weighted by atomic mass is 10.1. The van der Waals surface area contributed by atoms with Crippen LogP contribution in [0.3, 0.4) is 0 Å². The molecular weight excluding hydrogens is 238 g/mol. The number of nitrogens with zero attached hydrogens (tertiary/aromatic N) is 2. The maximum atomic E-state index is 11.1. The fourth-order valence-electron chi connectivity index (χ4n) is 1.36. The van der Waals surface area contributed by atoms with Crippen molar-refractivity contribution in [1.29, 1.82) is 0 Å². The Balaban J connectivity index is 3.00. The highest BCUT2D eigenvalue weighted by molar-refractivity contribution is 5.98. The lowest BCUT2D eigenvalue weighted by molar-refractivity contribution is -0.386. The van der Waals surface area contributed by atoms with Crippen molar-refractivity contribution in [2.45, 2.75) is 0 Å². The van der Waals surface area contributed by atoms with Crippen LogP contribution in [0.25, 0.3) is 0 Å². The van der Waals surface area contributed by atoms with Gasteiger partial charge in [-0.15, -0.1) is 0 Å². The normalized spacial score (nSPS) is 10.4. The van der Waals surface area contributed by atoms with Crippen LogP contribution < -0.4 is 10.5 Å². The van der Waals surface area contributed by atoms with Gasteiger partial charge in [0, 0.05) is 6.54 Å². The van der Waals surface area contributed by atoms with Gasteiger partial charge in [-0.3, -0.25) is 14.9 Å². The first kappa shape index (κ1) is 13.9. The molecule has 98 valence electrons. The Bertz CT molecular complexity index is 460. The maximum absolute atomic E-state index is 11.1. The van der Waals surface area contributed by atoms with Crippen LogP contribution in [0.2, 0.25) is 0 Å². The van der Waals surface area contributed by atoms with E-state index >= 15 is 0 Å². The van der Waals surface area contributed by atoms with E-state index in [1.54, 1.807) is 0 Å². The van der Waals surface area contributed by atoms with Crippen molar-refractivity contribution in [3.63, 3.8) is 0 Å². The molecule has 0 fully saturated rings. The summed E-state index contributed by atoms with van der Waals surface area (Å²) >= 11 is 0. The molecule has 0 saturated heterocycles. The fraction of sp³-hybridized carbons (Fsp3) is 0.364. The summed E-state index contributed by atoms with van der Waals surface area (Å²) < 4.78 is 5.31. The molecule has 7 heteroatoms. The highest BCUT2D eigenvalue weighted by atomic mass is 16.6. The van der Waals surface area contributed by atoms with Gasteiger partial charge in [0.25, 0.3) is 5.91 Å². The summed E-state index contributed by atoms with van der Waals surface area (Å²) in [5, 5.41) is 11.0. The number of carbonyl (C=O) groups excluding carboxylic acids is 1. The lowest BCUT2D eigenvalue weighted by Gasteiger charge is -2.11. The number of rotatable bonds is 6. The van der Waals surface area contributed by atoms with Crippen molar-refractivity contribution in [3.05, 3.63) is 33.9 Å². The molecule has 0 bridgehead atoms. The van der Waals surface area contributed by atoms with Crippen LogP contribution in [0.4, 0.5) is 5.69 Å². The number of nitro groups is 1. The maximum Gasteiger partial charge on any atom is 0.323 e. The van der Waals surface area contributed by atoms with E-state index in [0.29, 0.717) is 6.54 Å². The molecule has 0 spiro atoms. The molecule has 0 radical (unpaired) electrons. The number of ether oxygens (including phenoxy) is 1. The molecule has 1 aromatic carbocycles. The van der Waals surface area contributed by atoms with Gasteiger partial charge >= 0.3 is 5.69 Å². The number of carbonyl (C=O) groups is 1. The number of likely N-dealkylation sites (N-methyl/N-ethyl adjacent to an activating group) is 1. The quantitative estimate of drug-likeness (QED) is 0.592. The minimum Gasteiger partial charge on any atom is -0.485 e. The van der Waals surface area contributed by atoms with E-state index < -0.39 is 10.8 Å². The standard InChI is InChI=1S/C11H15N3O4/c1-13(2)6-7-18-9-5-3-4-8(11(12)15)10(9)14(16)17/h3-5H,6-7H2,1-2H3,(H2,12,15). The van der Waals surface area contributed by atoms with Crippen molar-refractivity contribution in [2.75, 3.05) is 27.2 Å². The van der Waals surface area contributed by atoms with Crippen molar-refractivity contribution >= 4 is 11.6 Å². The van der Waals surface area contributed by atoms with Gasteiger partial charge in [-0.05, 0) is 26.2 Å². The summed E-state index contributed by atoms with van der Waals surface area (Å²) in [6.07, 6.45) is 0. The van der Waals surface area contributed by atoms with Crippen LogP contribution in [-0.2, 0) is 0 Å². The average molecular weight is 253 g/mol. The molecule has 0 aliphatic heterocycles. The molecule has 0 aliphatic rings. The third-order valence-corrected chi connectivity index (χ3v) is 2.24. The number of para-hydroxylation sites is 1. The zero-order valence-corrected chi connectivity index (χ0v) is 10.3. The zero-order chi connectivity index (χ0) is 13.7. The Kier molecular flexibility index (Phi) is 4.61. The van der Waals surface area contributed by atoms with Crippen LogP contribution in [0, 0.1) is 10.1 Å². The van der Waals surface area contributed by atoms with E-state index in [1.807, 2.05) is 19.0 Å². The molecule has 0 saturated carbocycles. The monoisotopic (exact) mass is 253 g/mol. The molecule has 0 atom stereocenters. The predicted octanol–water partition coefficient (Wildman–Crippen LogP) is 0.634. The van der Waals surface area contributed by atoms with Crippen LogP contribution in [0.15, 0.2) is 18.2 Å². The smallest absolute Gasteiger partial charge is 0.323 e. The molecule has 1 rings (SSSR count). The summed E-state index contributed by atoms with van der Waals surface area (Å²) in [4.78, 5) is 23.3. The minimum atomic E-state index is -0.847. The van der Waals surface area contributed by atoms with Crippen molar-refractivity contribution < 1.29 is 14.5 Å². The molecule has 1 amide bonds. The average Bonchev–Trinajstić information content (AvgIpc) is 2.27. The zero-order valence-electron chi connectivity index (χ0n) is 10.3. The lowest BCUT2D eigenvalue weighted by Crippen LogP contribution is -2.20. The number of primary amides is 1. The van der Waals surface area contributed by atoms with E-state index in [-0.39, 0.29) is 23.6 Å².